The SMILES string of the molecule is CCCCCCCCCCOP(O)OP(O)O.OCC1CCCC(O)(CO)C1(CO)CO. The maximum Gasteiger partial charge on any atom is 0.337 e. The van der Waals surface area contributed by atoms with Gasteiger partial charge in [-0.15, -0.1) is 0 Å². The van der Waals surface area contributed by atoms with Crippen molar-refractivity contribution in [2.75, 3.05) is 33.0 Å². The Bertz CT molecular complexity index is 443. The second kappa shape index (κ2) is 18.7. The minimum Gasteiger partial charge on any atom is -0.396 e. The van der Waals surface area contributed by atoms with Gasteiger partial charge in [-0.05, 0) is 25.2 Å². The summed E-state index contributed by atoms with van der Waals surface area (Å²) in [4.78, 5) is 25.9. The Morgan fingerprint density at radius 3 is 1.88 bits per heavy atom. The van der Waals surface area contributed by atoms with Crippen molar-refractivity contribution in [3.05, 3.63) is 0 Å². The van der Waals surface area contributed by atoms with Crippen LogP contribution in [0.25, 0.3) is 0 Å². The summed E-state index contributed by atoms with van der Waals surface area (Å²) >= 11 is 0. The summed E-state index contributed by atoms with van der Waals surface area (Å²) in [5.41, 5.74) is -2.70. The van der Waals surface area contributed by atoms with Crippen LogP contribution < -0.4 is 0 Å². The van der Waals surface area contributed by atoms with Gasteiger partial charge in [0.15, 0.2) is 0 Å². The first-order chi connectivity index (χ1) is 15.3. The molecule has 32 heavy (non-hydrogen) atoms. The molecule has 0 saturated heterocycles. The molecule has 0 radical (unpaired) electrons. The van der Waals surface area contributed by atoms with Gasteiger partial charge in [-0.3, -0.25) is 0 Å². The second-order valence-corrected chi connectivity index (χ2v) is 10.2. The van der Waals surface area contributed by atoms with Crippen molar-refractivity contribution in [1.82, 2.24) is 0 Å². The number of hydrogen-bond donors (Lipinski definition) is 8. The van der Waals surface area contributed by atoms with Crippen molar-refractivity contribution >= 4 is 17.2 Å². The van der Waals surface area contributed by atoms with Gasteiger partial charge >= 0.3 is 17.2 Å². The summed E-state index contributed by atoms with van der Waals surface area (Å²) in [7, 11) is -4.65. The molecule has 0 spiro atoms. The molecule has 0 aliphatic heterocycles. The van der Waals surface area contributed by atoms with Gasteiger partial charge in [-0.2, -0.15) is 0 Å². The zero-order chi connectivity index (χ0) is 24.5. The topological polar surface area (TPSA) is 180 Å². The fraction of sp³-hybridized carbons (Fsp3) is 1.00. The third-order valence-electron chi connectivity index (χ3n) is 6.24. The fourth-order valence-electron chi connectivity index (χ4n) is 4.12. The Hall–Kier alpha value is 0.460. The molecule has 3 atom stereocenters. The maximum atomic E-state index is 10.2. The second-order valence-electron chi connectivity index (χ2n) is 8.31. The molecule has 0 amide bonds. The average molecular weight is 507 g/mol. The summed E-state index contributed by atoms with van der Waals surface area (Å²) in [6.07, 6.45) is 11.2. The molecule has 3 unspecified atom stereocenters. The standard InChI is InChI=1S/C10H24O5P2.C10H20O5/c1-2-3-4-5-6-7-8-9-10-14-17(13)15-16(11)12;11-4-8-2-1-3-10(15,7-14)9(8,5-12)6-13/h11-13H,2-10H2,1H3;8,11-15H,1-7H2. The highest BCUT2D eigenvalue weighted by atomic mass is 31.2. The van der Waals surface area contributed by atoms with Crippen LogP contribution in [0.5, 0.6) is 0 Å². The van der Waals surface area contributed by atoms with Gasteiger partial charge < -0.3 is 44.7 Å². The molecule has 10 nitrogen and oxygen atoms in total. The normalized spacial score (nSPS) is 23.6. The molecule has 0 aromatic heterocycles. The Morgan fingerprint density at radius 1 is 0.844 bits per heavy atom. The Morgan fingerprint density at radius 2 is 1.41 bits per heavy atom. The first-order valence-corrected chi connectivity index (χ1v) is 13.7. The molecular weight excluding hydrogens is 462 g/mol. The summed E-state index contributed by atoms with van der Waals surface area (Å²) < 4.78 is 9.19. The van der Waals surface area contributed by atoms with E-state index in [2.05, 4.69) is 11.2 Å². The minimum atomic E-state index is -2.52. The molecule has 1 aliphatic carbocycles. The first kappa shape index (κ1) is 32.5. The van der Waals surface area contributed by atoms with Crippen LogP contribution in [0, 0.1) is 11.3 Å². The molecule has 1 aliphatic rings. The maximum absolute atomic E-state index is 10.2. The van der Waals surface area contributed by atoms with Crippen molar-refractivity contribution in [2.45, 2.75) is 83.2 Å². The number of aliphatic hydroxyl groups is 5. The lowest BCUT2D eigenvalue weighted by Gasteiger charge is -2.52. The minimum absolute atomic E-state index is 0.205. The van der Waals surface area contributed by atoms with E-state index in [1.165, 1.54) is 38.5 Å². The van der Waals surface area contributed by atoms with Crippen LogP contribution in [-0.2, 0) is 8.83 Å². The van der Waals surface area contributed by atoms with Gasteiger partial charge in [-0.1, -0.05) is 58.3 Å². The van der Waals surface area contributed by atoms with Crippen molar-refractivity contribution in [1.29, 1.82) is 0 Å². The molecule has 0 aromatic rings. The summed E-state index contributed by atoms with van der Waals surface area (Å²) in [5, 5.41) is 47.4. The monoisotopic (exact) mass is 506 g/mol. The number of rotatable bonds is 16. The van der Waals surface area contributed by atoms with Gasteiger partial charge in [0, 0.05) is 6.61 Å². The Labute approximate surface area is 194 Å². The highest BCUT2D eigenvalue weighted by Gasteiger charge is 2.55. The Kier molecular flexibility index (Phi) is 19.0. The predicted octanol–water partition coefficient (Wildman–Crippen LogP) is 2.06. The van der Waals surface area contributed by atoms with Gasteiger partial charge in [0.2, 0.25) is 0 Å². The number of aliphatic hydroxyl groups excluding tert-OH is 4. The fourth-order valence-corrected chi connectivity index (χ4v) is 5.09. The lowest BCUT2D eigenvalue weighted by atomic mass is 9.58. The molecular formula is C20H44O10P2. The molecule has 1 rings (SSSR count). The van der Waals surface area contributed by atoms with E-state index in [1.54, 1.807) is 0 Å². The quantitative estimate of drug-likeness (QED) is 0.114. The zero-order valence-corrected chi connectivity index (χ0v) is 21.0. The third-order valence-corrected chi connectivity index (χ3v) is 7.79. The van der Waals surface area contributed by atoms with Crippen LogP contribution in [0.3, 0.4) is 0 Å². The van der Waals surface area contributed by atoms with Crippen molar-refractivity contribution in [3.8, 4) is 0 Å². The van der Waals surface area contributed by atoms with Crippen LogP contribution in [0.1, 0.15) is 77.6 Å². The van der Waals surface area contributed by atoms with E-state index < -0.39 is 48.0 Å². The van der Waals surface area contributed by atoms with Crippen LogP contribution in [0.2, 0.25) is 0 Å². The Balaban J connectivity index is 0.000000604. The largest absolute Gasteiger partial charge is 0.396 e. The number of hydrogen-bond acceptors (Lipinski definition) is 10. The van der Waals surface area contributed by atoms with E-state index >= 15 is 0 Å². The van der Waals surface area contributed by atoms with Crippen LogP contribution >= 0.6 is 17.2 Å². The van der Waals surface area contributed by atoms with Gasteiger partial charge in [0.25, 0.3) is 0 Å². The van der Waals surface area contributed by atoms with E-state index in [0.29, 0.717) is 25.9 Å². The summed E-state index contributed by atoms with van der Waals surface area (Å²) in [6, 6.07) is 0. The summed E-state index contributed by atoms with van der Waals surface area (Å²) in [6.45, 7) is 1.02. The molecule has 0 heterocycles. The van der Waals surface area contributed by atoms with Crippen LogP contribution in [-0.4, -0.2) is 78.8 Å². The molecule has 1 fully saturated rings. The van der Waals surface area contributed by atoms with Gasteiger partial charge in [0.05, 0.1) is 37.4 Å². The molecule has 8 N–H and O–H groups in total. The van der Waals surface area contributed by atoms with E-state index in [1.807, 2.05) is 0 Å². The smallest absolute Gasteiger partial charge is 0.337 e. The molecule has 0 bridgehead atoms. The number of unbranched alkanes of at least 4 members (excludes halogenated alkanes) is 7. The highest BCUT2D eigenvalue weighted by molar-refractivity contribution is 7.54. The van der Waals surface area contributed by atoms with Crippen LogP contribution in [0.4, 0.5) is 0 Å². The van der Waals surface area contributed by atoms with Gasteiger partial charge in [-0.25, -0.2) is 4.31 Å². The van der Waals surface area contributed by atoms with Crippen molar-refractivity contribution in [3.63, 3.8) is 0 Å². The lowest BCUT2D eigenvalue weighted by Crippen LogP contribution is -2.62. The highest BCUT2D eigenvalue weighted by Crippen LogP contribution is 2.47. The molecule has 1 saturated carbocycles. The molecule has 0 aromatic carbocycles. The van der Waals surface area contributed by atoms with E-state index in [9.17, 15) is 25.5 Å². The molecule has 194 valence electrons. The van der Waals surface area contributed by atoms with E-state index in [4.69, 9.17) is 19.2 Å². The summed E-state index contributed by atoms with van der Waals surface area (Å²) in [5.74, 6) is -0.376. The predicted molar refractivity (Wildman–Crippen MR) is 123 cm³/mol. The van der Waals surface area contributed by atoms with Gasteiger partial charge in [0.1, 0.15) is 0 Å². The van der Waals surface area contributed by atoms with E-state index in [-0.39, 0.29) is 12.5 Å². The first-order valence-electron chi connectivity index (χ1n) is 11.4. The van der Waals surface area contributed by atoms with Crippen LogP contribution in [0.15, 0.2) is 0 Å². The lowest BCUT2D eigenvalue weighted by molar-refractivity contribution is -0.208. The third kappa shape index (κ3) is 11.3. The van der Waals surface area contributed by atoms with E-state index in [0.717, 1.165) is 12.8 Å². The van der Waals surface area contributed by atoms with Crippen molar-refractivity contribution < 1.29 is 49.0 Å². The molecule has 12 heteroatoms. The average Bonchev–Trinajstić information content (AvgIpc) is 2.77. The zero-order valence-electron chi connectivity index (χ0n) is 19.2. The van der Waals surface area contributed by atoms with Crippen molar-refractivity contribution in [2.24, 2.45) is 11.3 Å².